The highest BCUT2D eigenvalue weighted by atomic mass is 35.5. The predicted molar refractivity (Wildman–Crippen MR) is 97.0 cm³/mol. The van der Waals surface area contributed by atoms with Crippen LogP contribution in [0.2, 0.25) is 5.02 Å². The molecule has 0 radical (unpaired) electrons. The van der Waals surface area contributed by atoms with Gasteiger partial charge in [0.15, 0.2) is 0 Å². The van der Waals surface area contributed by atoms with Crippen molar-refractivity contribution in [3.05, 3.63) is 41.0 Å². The van der Waals surface area contributed by atoms with Crippen LogP contribution in [-0.2, 0) is 6.54 Å². The van der Waals surface area contributed by atoms with Crippen LogP contribution < -0.4 is 5.32 Å². The Bertz CT molecular complexity index is 637. The Hall–Kier alpha value is -1.40. The minimum absolute atomic E-state index is 0.0922. The Labute approximate surface area is 148 Å². The number of hydrogen-bond donors (Lipinski definition) is 3. The fraction of sp³-hybridized carbons (Fsp3) is 0.500. The van der Waals surface area contributed by atoms with E-state index in [1.165, 1.54) is 0 Å². The molecule has 0 saturated carbocycles. The number of aliphatic hydroxyl groups excluding tert-OH is 1. The first-order chi connectivity index (χ1) is 11.7. The molecule has 1 fully saturated rings. The van der Waals surface area contributed by atoms with Crippen LogP contribution in [0, 0.1) is 0 Å². The fourth-order valence-corrected chi connectivity index (χ4v) is 3.32. The molecule has 2 heterocycles. The first kappa shape index (κ1) is 17.4. The molecule has 2 aromatic rings. The van der Waals surface area contributed by atoms with E-state index in [4.69, 9.17) is 11.6 Å². The summed E-state index contributed by atoms with van der Waals surface area (Å²) in [5.74, 6) is 0. The van der Waals surface area contributed by atoms with Gasteiger partial charge in [-0.1, -0.05) is 23.7 Å². The summed E-state index contributed by atoms with van der Waals surface area (Å²) < 4.78 is 0. The van der Waals surface area contributed by atoms with Gasteiger partial charge < -0.3 is 15.3 Å². The van der Waals surface area contributed by atoms with Gasteiger partial charge in [0, 0.05) is 35.8 Å². The summed E-state index contributed by atoms with van der Waals surface area (Å²) in [5, 5.41) is 21.0. The second-order valence-electron chi connectivity index (χ2n) is 6.38. The lowest BCUT2D eigenvalue weighted by Gasteiger charge is -2.29. The zero-order valence-corrected chi connectivity index (χ0v) is 14.6. The van der Waals surface area contributed by atoms with Gasteiger partial charge in [-0.05, 0) is 44.5 Å². The van der Waals surface area contributed by atoms with Crippen molar-refractivity contribution in [3.8, 4) is 11.3 Å². The van der Waals surface area contributed by atoms with Gasteiger partial charge in [-0.3, -0.25) is 5.10 Å². The van der Waals surface area contributed by atoms with Crippen molar-refractivity contribution in [1.82, 2.24) is 20.4 Å². The van der Waals surface area contributed by atoms with Crippen LogP contribution >= 0.6 is 11.6 Å². The zero-order valence-electron chi connectivity index (χ0n) is 13.8. The number of hydrogen-bond acceptors (Lipinski definition) is 4. The maximum atomic E-state index is 9.52. The maximum Gasteiger partial charge on any atom is 0.0695 e. The van der Waals surface area contributed by atoms with Crippen LogP contribution in [0.3, 0.4) is 0 Å². The van der Waals surface area contributed by atoms with E-state index in [1.807, 2.05) is 30.5 Å². The molecule has 0 amide bonds. The number of aliphatic hydroxyl groups is 1. The molecule has 6 heteroatoms. The number of piperidine rings is 1. The van der Waals surface area contributed by atoms with Crippen molar-refractivity contribution in [2.24, 2.45) is 0 Å². The lowest BCUT2D eigenvalue weighted by Crippen LogP contribution is -2.37. The average molecular weight is 349 g/mol. The number of rotatable bonds is 7. The quantitative estimate of drug-likeness (QED) is 0.673. The molecular weight excluding hydrogens is 324 g/mol. The molecule has 0 spiro atoms. The van der Waals surface area contributed by atoms with Crippen molar-refractivity contribution in [3.63, 3.8) is 0 Å². The lowest BCUT2D eigenvalue weighted by atomic mass is 10.1. The molecule has 1 aromatic carbocycles. The number of H-pyrrole nitrogens is 1. The van der Waals surface area contributed by atoms with Gasteiger partial charge in [-0.2, -0.15) is 5.10 Å². The monoisotopic (exact) mass is 348 g/mol. The van der Waals surface area contributed by atoms with E-state index < -0.39 is 0 Å². The highest BCUT2D eigenvalue weighted by molar-refractivity contribution is 6.30. The van der Waals surface area contributed by atoms with Gasteiger partial charge >= 0.3 is 0 Å². The van der Waals surface area contributed by atoms with E-state index in [-0.39, 0.29) is 6.10 Å². The van der Waals surface area contributed by atoms with Gasteiger partial charge in [0.05, 0.1) is 18.0 Å². The summed E-state index contributed by atoms with van der Waals surface area (Å²) >= 11 is 6.07. The fourth-order valence-electron chi connectivity index (χ4n) is 3.13. The minimum atomic E-state index is -0.0922. The van der Waals surface area contributed by atoms with Crippen LogP contribution in [0.4, 0.5) is 0 Å². The Morgan fingerprint density at radius 1 is 1.33 bits per heavy atom. The Morgan fingerprint density at radius 2 is 2.17 bits per heavy atom. The molecule has 3 rings (SSSR count). The molecule has 0 bridgehead atoms. The Balaban J connectivity index is 1.42. The van der Waals surface area contributed by atoms with Gasteiger partial charge in [0.1, 0.15) is 0 Å². The van der Waals surface area contributed by atoms with Gasteiger partial charge in [0.25, 0.3) is 0 Å². The van der Waals surface area contributed by atoms with Gasteiger partial charge in [-0.25, -0.2) is 0 Å². The molecule has 130 valence electrons. The zero-order chi connectivity index (χ0) is 16.8. The molecule has 24 heavy (non-hydrogen) atoms. The third kappa shape index (κ3) is 4.80. The molecule has 0 unspecified atom stereocenters. The van der Waals surface area contributed by atoms with Crippen LogP contribution in [0.5, 0.6) is 0 Å². The van der Waals surface area contributed by atoms with Crippen LogP contribution in [0.15, 0.2) is 30.5 Å². The maximum absolute atomic E-state index is 9.52. The molecule has 1 saturated heterocycles. The molecule has 1 aromatic heterocycles. The lowest BCUT2D eigenvalue weighted by molar-refractivity contribution is 0.0821. The number of nitrogens with one attached hydrogen (secondary N) is 2. The summed E-state index contributed by atoms with van der Waals surface area (Å²) in [6, 6.07) is 7.81. The second kappa shape index (κ2) is 8.62. The van der Waals surface area contributed by atoms with Crippen molar-refractivity contribution in [2.75, 3.05) is 26.2 Å². The van der Waals surface area contributed by atoms with Crippen molar-refractivity contribution in [2.45, 2.75) is 31.9 Å². The summed E-state index contributed by atoms with van der Waals surface area (Å²) in [7, 11) is 0. The highest BCUT2D eigenvalue weighted by Gasteiger charge is 2.16. The number of nitrogens with zero attached hydrogens (tertiary/aromatic N) is 2. The van der Waals surface area contributed by atoms with Gasteiger partial charge in [-0.15, -0.1) is 0 Å². The van der Waals surface area contributed by atoms with E-state index in [0.29, 0.717) is 0 Å². The summed E-state index contributed by atoms with van der Waals surface area (Å²) in [4.78, 5) is 2.43. The molecular formula is C18H25ClN4O. The molecule has 0 atom stereocenters. The van der Waals surface area contributed by atoms with E-state index in [0.717, 1.165) is 73.8 Å². The second-order valence-corrected chi connectivity index (χ2v) is 6.82. The third-order valence-electron chi connectivity index (χ3n) is 4.53. The SMILES string of the molecule is OC1CCN(CCCNCc2cn[nH]c2-c2cccc(Cl)c2)CC1. The minimum Gasteiger partial charge on any atom is -0.393 e. The van der Waals surface area contributed by atoms with Crippen molar-refractivity contribution in [1.29, 1.82) is 0 Å². The standard InChI is InChI=1S/C18H25ClN4O/c19-16-4-1-3-14(11-16)18-15(13-21-22-18)12-20-7-2-8-23-9-5-17(24)6-10-23/h1,3-4,11,13,17,20,24H,2,5-10,12H2,(H,21,22). The van der Waals surface area contributed by atoms with E-state index in [1.54, 1.807) is 0 Å². The smallest absolute Gasteiger partial charge is 0.0695 e. The number of benzene rings is 1. The first-order valence-corrected chi connectivity index (χ1v) is 8.99. The number of aromatic nitrogens is 2. The number of aromatic amines is 1. The summed E-state index contributed by atoms with van der Waals surface area (Å²) in [6.45, 7) is 4.88. The van der Waals surface area contributed by atoms with E-state index in [2.05, 4.69) is 20.4 Å². The summed E-state index contributed by atoms with van der Waals surface area (Å²) in [5.41, 5.74) is 3.23. The Morgan fingerprint density at radius 3 is 2.96 bits per heavy atom. The van der Waals surface area contributed by atoms with Gasteiger partial charge in [0.2, 0.25) is 0 Å². The topological polar surface area (TPSA) is 64.2 Å². The molecule has 1 aliphatic heterocycles. The number of likely N-dealkylation sites (tertiary alicyclic amines) is 1. The highest BCUT2D eigenvalue weighted by Crippen LogP contribution is 2.23. The molecule has 1 aliphatic rings. The van der Waals surface area contributed by atoms with Crippen LogP contribution in [0.1, 0.15) is 24.8 Å². The van der Waals surface area contributed by atoms with Crippen LogP contribution in [-0.4, -0.2) is 52.5 Å². The molecule has 3 N–H and O–H groups in total. The normalized spacial score (nSPS) is 16.6. The van der Waals surface area contributed by atoms with E-state index >= 15 is 0 Å². The largest absolute Gasteiger partial charge is 0.393 e. The number of halogens is 1. The predicted octanol–water partition coefficient (Wildman–Crippen LogP) is 2.67. The first-order valence-electron chi connectivity index (χ1n) is 8.61. The van der Waals surface area contributed by atoms with Crippen molar-refractivity contribution < 1.29 is 5.11 Å². The third-order valence-corrected chi connectivity index (χ3v) is 4.77. The molecule has 0 aliphatic carbocycles. The van der Waals surface area contributed by atoms with E-state index in [9.17, 15) is 5.11 Å². The van der Waals surface area contributed by atoms with Crippen LogP contribution in [0.25, 0.3) is 11.3 Å². The van der Waals surface area contributed by atoms with Crippen molar-refractivity contribution >= 4 is 11.6 Å². The molecule has 5 nitrogen and oxygen atoms in total. The summed E-state index contributed by atoms with van der Waals surface area (Å²) in [6.07, 6.45) is 4.71. The Kier molecular flexibility index (Phi) is 6.26. The average Bonchev–Trinajstić information content (AvgIpc) is 3.05.